The molecule has 220 valence electrons. The van der Waals surface area contributed by atoms with Crippen LogP contribution in [0.2, 0.25) is 5.02 Å². The summed E-state index contributed by atoms with van der Waals surface area (Å²) < 4.78 is 5.91. The molecular formula is C35H33ClN2O5. The standard InChI is InChI=1S/C35H33ClN2O5/c1-2-3-16-33(39)38(28-13-9-12-27(36)24-28)21-22-43-29-19-17-25(18-20-29)23-32(35(41)42)37-31-15-8-7-14-30(31)34(40)26-10-5-4-6-11-26/h2,4-15,17-20,24,32,37H,1,3,16,21-23H2,(H,41,42). The molecule has 0 saturated carbocycles. The number of para-hydroxylation sites is 1. The van der Waals surface area contributed by atoms with E-state index in [0.29, 0.717) is 52.7 Å². The number of anilines is 2. The van der Waals surface area contributed by atoms with Gasteiger partial charge in [-0.3, -0.25) is 9.59 Å². The molecule has 8 heteroatoms. The molecule has 0 fully saturated rings. The first-order chi connectivity index (χ1) is 20.9. The molecule has 7 nitrogen and oxygen atoms in total. The van der Waals surface area contributed by atoms with Gasteiger partial charge in [-0.25, -0.2) is 4.79 Å². The Morgan fingerprint density at radius 2 is 1.65 bits per heavy atom. The van der Waals surface area contributed by atoms with E-state index in [1.165, 1.54) is 0 Å². The Hall–Kier alpha value is -4.88. The molecule has 0 aromatic heterocycles. The number of allylic oxidation sites excluding steroid dienone is 1. The van der Waals surface area contributed by atoms with E-state index in [1.54, 1.807) is 102 Å². The number of carbonyl (C=O) groups excluding carboxylic acids is 2. The SMILES string of the molecule is C=CCCC(=O)N(CCOc1ccc(CC(Nc2ccccc2C(=O)c2ccccc2)C(=O)O)cc1)c1cccc(Cl)c1. The van der Waals surface area contributed by atoms with E-state index >= 15 is 0 Å². The van der Waals surface area contributed by atoms with E-state index in [2.05, 4.69) is 11.9 Å². The van der Waals surface area contributed by atoms with Gasteiger partial charge in [-0.1, -0.05) is 78.3 Å². The van der Waals surface area contributed by atoms with E-state index in [1.807, 2.05) is 12.1 Å². The van der Waals surface area contributed by atoms with Crippen LogP contribution in [0.3, 0.4) is 0 Å². The van der Waals surface area contributed by atoms with E-state index in [-0.39, 0.29) is 24.7 Å². The van der Waals surface area contributed by atoms with Crippen LogP contribution in [-0.2, 0) is 16.0 Å². The Bertz CT molecular complexity index is 1560. The van der Waals surface area contributed by atoms with Crippen molar-refractivity contribution in [3.8, 4) is 5.75 Å². The van der Waals surface area contributed by atoms with Crippen LogP contribution in [0.4, 0.5) is 11.4 Å². The van der Waals surface area contributed by atoms with Gasteiger partial charge in [0, 0.05) is 40.4 Å². The number of nitrogens with zero attached hydrogens (tertiary/aromatic N) is 1. The lowest BCUT2D eigenvalue weighted by molar-refractivity contribution is -0.137. The molecular weight excluding hydrogens is 564 g/mol. The number of ketones is 1. The maximum atomic E-state index is 13.1. The summed E-state index contributed by atoms with van der Waals surface area (Å²) in [5.74, 6) is -0.692. The third kappa shape index (κ3) is 8.80. The smallest absolute Gasteiger partial charge is 0.326 e. The average Bonchev–Trinajstić information content (AvgIpc) is 3.02. The van der Waals surface area contributed by atoms with Gasteiger partial charge in [0.05, 0.1) is 6.54 Å². The minimum Gasteiger partial charge on any atom is -0.492 e. The van der Waals surface area contributed by atoms with E-state index in [9.17, 15) is 19.5 Å². The molecule has 0 aliphatic carbocycles. The first kappa shape index (κ1) is 31.1. The fraction of sp³-hybridized carbons (Fsp3) is 0.171. The van der Waals surface area contributed by atoms with Crippen molar-refractivity contribution in [2.75, 3.05) is 23.4 Å². The zero-order chi connectivity index (χ0) is 30.6. The highest BCUT2D eigenvalue weighted by molar-refractivity contribution is 6.30. The Morgan fingerprint density at radius 1 is 0.930 bits per heavy atom. The first-order valence-corrected chi connectivity index (χ1v) is 14.3. The molecule has 1 atom stereocenters. The fourth-order valence-corrected chi connectivity index (χ4v) is 4.74. The number of halogens is 1. The zero-order valence-corrected chi connectivity index (χ0v) is 24.4. The molecule has 1 amide bonds. The van der Waals surface area contributed by atoms with Gasteiger partial charge in [-0.2, -0.15) is 0 Å². The second-order valence-electron chi connectivity index (χ2n) is 9.83. The third-order valence-electron chi connectivity index (χ3n) is 6.77. The molecule has 2 N–H and O–H groups in total. The van der Waals surface area contributed by atoms with Crippen molar-refractivity contribution in [3.05, 3.63) is 137 Å². The first-order valence-electron chi connectivity index (χ1n) is 13.9. The molecule has 0 spiro atoms. The molecule has 0 saturated heterocycles. The highest BCUT2D eigenvalue weighted by atomic mass is 35.5. The minimum atomic E-state index is -1.04. The predicted octanol–water partition coefficient (Wildman–Crippen LogP) is 7.06. The number of carbonyl (C=O) groups is 3. The quantitative estimate of drug-likeness (QED) is 0.113. The number of aliphatic carboxylic acids is 1. The molecule has 0 radical (unpaired) electrons. The molecule has 0 bridgehead atoms. The van der Waals surface area contributed by atoms with Gasteiger partial charge in [0.25, 0.3) is 0 Å². The van der Waals surface area contributed by atoms with E-state index in [4.69, 9.17) is 16.3 Å². The largest absolute Gasteiger partial charge is 0.492 e. The summed E-state index contributed by atoms with van der Waals surface area (Å²) >= 11 is 6.15. The van der Waals surface area contributed by atoms with Gasteiger partial charge in [0.1, 0.15) is 18.4 Å². The number of rotatable bonds is 15. The van der Waals surface area contributed by atoms with Gasteiger partial charge >= 0.3 is 5.97 Å². The summed E-state index contributed by atoms with van der Waals surface area (Å²) in [7, 11) is 0. The van der Waals surface area contributed by atoms with Crippen molar-refractivity contribution in [2.24, 2.45) is 0 Å². The van der Waals surface area contributed by atoms with Crippen molar-refractivity contribution < 1.29 is 24.2 Å². The Morgan fingerprint density at radius 3 is 2.35 bits per heavy atom. The summed E-state index contributed by atoms with van der Waals surface area (Å²) in [6.45, 7) is 4.26. The van der Waals surface area contributed by atoms with Crippen LogP contribution in [0.1, 0.15) is 34.3 Å². The van der Waals surface area contributed by atoms with Gasteiger partial charge in [0.2, 0.25) is 5.91 Å². The lowest BCUT2D eigenvalue weighted by Gasteiger charge is -2.23. The number of carboxylic acids is 1. The molecule has 4 rings (SSSR count). The normalized spacial score (nSPS) is 11.3. The number of hydrogen-bond donors (Lipinski definition) is 2. The fourth-order valence-electron chi connectivity index (χ4n) is 4.55. The Kier molecular flexibility index (Phi) is 11.1. The van der Waals surface area contributed by atoms with Crippen molar-refractivity contribution in [2.45, 2.75) is 25.3 Å². The van der Waals surface area contributed by atoms with Gasteiger partial charge in [0.15, 0.2) is 5.78 Å². The number of benzene rings is 4. The van der Waals surface area contributed by atoms with Crippen molar-refractivity contribution in [1.82, 2.24) is 0 Å². The highest BCUT2D eigenvalue weighted by Crippen LogP contribution is 2.23. The Balaban J connectivity index is 1.39. The van der Waals surface area contributed by atoms with Crippen LogP contribution >= 0.6 is 11.6 Å². The minimum absolute atomic E-state index is 0.0552. The lowest BCUT2D eigenvalue weighted by Crippen LogP contribution is -2.34. The maximum Gasteiger partial charge on any atom is 0.326 e. The predicted molar refractivity (Wildman–Crippen MR) is 170 cm³/mol. The molecule has 0 aliphatic rings. The highest BCUT2D eigenvalue weighted by Gasteiger charge is 2.21. The van der Waals surface area contributed by atoms with Crippen LogP contribution in [-0.4, -0.2) is 42.0 Å². The molecule has 4 aromatic rings. The van der Waals surface area contributed by atoms with Gasteiger partial charge in [-0.15, -0.1) is 6.58 Å². The van der Waals surface area contributed by atoms with Crippen LogP contribution in [0.25, 0.3) is 0 Å². The molecule has 43 heavy (non-hydrogen) atoms. The zero-order valence-electron chi connectivity index (χ0n) is 23.6. The van der Waals surface area contributed by atoms with Crippen molar-refractivity contribution in [3.63, 3.8) is 0 Å². The van der Waals surface area contributed by atoms with E-state index < -0.39 is 12.0 Å². The summed E-state index contributed by atoms with van der Waals surface area (Å²) in [5.41, 5.74) is 2.85. The topological polar surface area (TPSA) is 95.9 Å². The summed E-state index contributed by atoms with van der Waals surface area (Å²) in [4.78, 5) is 39.7. The van der Waals surface area contributed by atoms with Crippen molar-refractivity contribution in [1.29, 1.82) is 0 Å². The van der Waals surface area contributed by atoms with Crippen LogP contribution < -0.4 is 15.0 Å². The number of nitrogens with one attached hydrogen (secondary N) is 1. The summed E-state index contributed by atoms with van der Waals surface area (Å²) in [6.07, 6.45) is 2.79. The van der Waals surface area contributed by atoms with E-state index in [0.717, 1.165) is 5.56 Å². The molecule has 1 unspecified atom stereocenters. The average molecular weight is 597 g/mol. The Labute approximate surface area is 256 Å². The second-order valence-corrected chi connectivity index (χ2v) is 10.3. The number of ether oxygens (including phenoxy) is 1. The molecule has 0 heterocycles. The molecule has 0 aliphatic heterocycles. The second kappa shape index (κ2) is 15.4. The number of carboxylic acid groups (broad SMARTS) is 1. The summed E-state index contributed by atoms with van der Waals surface area (Å²) in [5, 5.41) is 13.5. The number of amides is 1. The van der Waals surface area contributed by atoms with Crippen molar-refractivity contribution >= 4 is 40.6 Å². The third-order valence-corrected chi connectivity index (χ3v) is 7.00. The van der Waals surface area contributed by atoms with Gasteiger partial charge in [-0.05, 0) is 54.4 Å². The monoisotopic (exact) mass is 596 g/mol. The number of hydrogen-bond acceptors (Lipinski definition) is 5. The molecule has 4 aromatic carbocycles. The summed E-state index contributed by atoms with van der Waals surface area (Å²) in [6, 6.07) is 29.1. The van der Waals surface area contributed by atoms with Crippen LogP contribution in [0.5, 0.6) is 5.75 Å². The van der Waals surface area contributed by atoms with Crippen LogP contribution in [0, 0.1) is 0 Å². The van der Waals surface area contributed by atoms with Gasteiger partial charge < -0.3 is 20.1 Å². The van der Waals surface area contributed by atoms with Crippen LogP contribution in [0.15, 0.2) is 116 Å². The lowest BCUT2D eigenvalue weighted by atomic mass is 10.00. The maximum absolute atomic E-state index is 13.1.